The summed E-state index contributed by atoms with van der Waals surface area (Å²) in [5.41, 5.74) is 2.76. The Hall–Kier alpha value is -2.41. The summed E-state index contributed by atoms with van der Waals surface area (Å²) in [7, 11) is 1.89. The number of hydrogen-bond donors (Lipinski definition) is 1. The van der Waals surface area contributed by atoms with Crippen LogP contribution in [0, 0.1) is 6.92 Å². The van der Waals surface area contributed by atoms with Gasteiger partial charge in [0.05, 0.1) is 22.6 Å². The number of carbonyl (C=O) groups is 1. The Kier molecular flexibility index (Phi) is 4.80. The maximum atomic E-state index is 11.9. The minimum Gasteiger partial charge on any atom is -0.355 e. The van der Waals surface area contributed by atoms with Gasteiger partial charge in [-0.1, -0.05) is 36.5 Å². The molecule has 0 aliphatic carbocycles. The van der Waals surface area contributed by atoms with E-state index in [1.165, 1.54) is 0 Å². The van der Waals surface area contributed by atoms with Gasteiger partial charge < -0.3 is 10.2 Å². The van der Waals surface area contributed by atoms with Crippen LogP contribution in [0.15, 0.2) is 30.3 Å². The number of para-hydroxylation sites is 1. The highest BCUT2D eigenvalue weighted by Crippen LogP contribution is 2.31. The van der Waals surface area contributed by atoms with E-state index in [4.69, 9.17) is 4.98 Å². The second kappa shape index (κ2) is 7.00. The number of rotatable bonds is 6. The first kappa shape index (κ1) is 16.4. The molecule has 0 spiro atoms. The summed E-state index contributed by atoms with van der Waals surface area (Å²) in [4.78, 5) is 18.5. The molecule has 0 radical (unpaired) electrons. The molecular weight excluding hydrogens is 322 g/mol. The molecule has 0 atom stereocenters. The maximum absolute atomic E-state index is 11.9. The normalized spacial score (nSPS) is 11.0. The van der Waals surface area contributed by atoms with Crippen LogP contribution in [-0.4, -0.2) is 40.8 Å². The standard InChI is InChI=1S/C17H21N5OS/c1-4-10-18-14(23)11-21(3)17-19-16-15(24-17)12(2)20-22(16)13-8-6-5-7-9-13/h5-9H,4,10-11H2,1-3H3,(H,18,23). The zero-order chi connectivity index (χ0) is 17.1. The second-order valence-corrected chi connectivity index (χ2v) is 6.67. The molecule has 7 heteroatoms. The van der Waals surface area contributed by atoms with Gasteiger partial charge in [0.25, 0.3) is 0 Å². The highest BCUT2D eigenvalue weighted by molar-refractivity contribution is 7.22. The third-order valence-electron chi connectivity index (χ3n) is 3.66. The van der Waals surface area contributed by atoms with Crippen molar-refractivity contribution in [2.24, 2.45) is 0 Å². The number of anilines is 1. The van der Waals surface area contributed by atoms with Crippen LogP contribution in [0.5, 0.6) is 0 Å². The number of carbonyl (C=O) groups excluding carboxylic acids is 1. The van der Waals surface area contributed by atoms with Crippen molar-refractivity contribution < 1.29 is 4.79 Å². The zero-order valence-corrected chi connectivity index (χ0v) is 14.9. The van der Waals surface area contributed by atoms with Crippen molar-refractivity contribution in [3.8, 4) is 5.69 Å². The molecule has 0 bridgehead atoms. The molecule has 0 aliphatic rings. The van der Waals surface area contributed by atoms with Crippen LogP contribution in [-0.2, 0) is 4.79 Å². The van der Waals surface area contributed by atoms with Gasteiger partial charge in [0.2, 0.25) is 5.91 Å². The van der Waals surface area contributed by atoms with Crippen LogP contribution in [0.25, 0.3) is 16.0 Å². The average Bonchev–Trinajstić information content (AvgIpc) is 3.15. The number of nitrogens with one attached hydrogen (secondary N) is 1. The fraction of sp³-hybridized carbons (Fsp3) is 0.353. The summed E-state index contributed by atoms with van der Waals surface area (Å²) in [5, 5.41) is 8.30. The summed E-state index contributed by atoms with van der Waals surface area (Å²) in [6.07, 6.45) is 0.933. The highest BCUT2D eigenvalue weighted by atomic mass is 32.1. The Labute approximate surface area is 145 Å². The van der Waals surface area contributed by atoms with Crippen molar-refractivity contribution in [1.29, 1.82) is 0 Å². The predicted octanol–water partition coefficient (Wildman–Crippen LogP) is 2.75. The lowest BCUT2D eigenvalue weighted by Gasteiger charge is -2.14. The van der Waals surface area contributed by atoms with E-state index in [1.807, 2.05) is 60.8 Å². The van der Waals surface area contributed by atoms with Crippen molar-refractivity contribution >= 4 is 32.7 Å². The lowest BCUT2D eigenvalue weighted by Crippen LogP contribution is -2.35. The smallest absolute Gasteiger partial charge is 0.239 e. The van der Waals surface area contributed by atoms with E-state index in [9.17, 15) is 4.79 Å². The summed E-state index contributed by atoms with van der Waals surface area (Å²) in [6, 6.07) is 9.96. The number of fused-ring (bicyclic) bond motifs is 1. The van der Waals surface area contributed by atoms with Crippen LogP contribution in [0.1, 0.15) is 19.0 Å². The van der Waals surface area contributed by atoms with Gasteiger partial charge in [0, 0.05) is 13.6 Å². The molecule has 1 amide bonds. The fourth-order valence-electron chi connectivity index (χ4n) is 2.44. The molecule has 0 saturated carbocycles. The molecule has 0 saturated heterocycles. The Morgan fingerprint density at radius 2 is 2.08 bits per heavy atom. The minimum atomic E-state index is 0.0139. The van der Waals surface area contributed by atoms with Gasteiger partial charge in [-0.3, -0.25) is 4.79 Å². The van der Waals surface area contributed by atoms with Gasteiger partial charge >= 0.3 is 0 Å². The number of aromatic nitrogens is 3. The molecule has 24 heavy (non-hydrogen) atoms. The molecule has 1 N–H and O–H groups in total. The lowest BCUT2D eigenvalue weighted by molar-refractivity contribution is -0.119. The fourth-order valence-corrected chi connectivity index (χ4v) is 3.39. The topological polar surface area (TPSA) is 63.1 Å². The SMILES string of the molecule is CCCNC(=O)CN(C)c1nc2c(s1)c(C)nn2-c1ccccc1. The van der Waals surface area contributed by atoms with Crippen molar-refractivity contribution in [1.82, 2.24) is 20.1 Å². The Morgan fingerprint density at radius 1 is 1.33 bits per heavy atom. The number of thiazole rings is 1. The van der Waals surface area contributed by atoms with Crippen LogP contribution >= 0.6 is 11.3 Å². The predicted molar refractivity (Wildman–Crippen MR) is 98.0 cm³/mol. The van der Waals surface area contributed by atoms with Crippen molar-refractivity contribution in [2.45, 2.75) is 20.3 Å². The van der Waals surface area contributed by atoms with E-state index in [0.717, 1.165) is 33.3 Å². The van der Waals surface area contributed by atoms with Crippen molar-refractivity contribution in [2.75, 3.05) is 25.0 Å². The van der Waals surface area contributed by atoms with E-state index in [-0.39, 0.29) is 5.91 Å². The summed E-state index contributed by atoms with van der Waals surface area (Å²) < 4.78 is 2.91. The Morgan fingerprint density at radius 3 is 2.79 bits per heavy atom. The van der Waals surface area contributed by atoms with E-state index in [1.54, 1.807) is 11.3 Å². The summed E-state index contributed by atoms with van der Waals surface area (Å²) in [5.74, 6) is 0.0139. The molecule has 0 unspecified atom stereocenters. The second-order valence-electron chi connectivity index (χ2n) is 5.69. The third-order valence-corrected chi connectivity index (χ3v) is 4.93. The molecule has 6 nitrogen and oxygen atoms in total. The first-order valence-corrected chi connectivity index (χ1v) is 8.81. The van der Waals surface area contributed by atoms with Gasteiger partial charge in [-0.2, -0.15) is 10.1 Å². The number of likely N-dealkylation sites (N-methyl/N-ethyl adjacent to an activating group) is 1. The van der Waals surface area contributed by atoms with Gasteiger partial charge in [-0.25, -0.2) is 4.68 Å². The molecule has 2 aromatic heterocycles. The zero-order valence-electron chi connectivity index (χ0n) is 14.1. The van der Waals surface area contributed by atoms with Crippen LogP contribution in [0.2, 0.25) is 0 Å². The number of amides is 1. The molecule has 0 fully saturated rings. The third kappa shape index (κ3) is 3.26. The Bertz CT molecular complexity index is 839. The first-order valence-electron chi connectivity index (χ1n) is 7.99. The van der Waals surface area contributed by atoms with Gasteiger partial charge in [-0.15, -0.1) is 0 Å². The van der Waals surface area contributed by atoms with Gasteiger partial charge in [0.1, 0.15) is 0 Å². The van der Waals surface area contributed by atoms with Crippen LogP contribution in [0.3, 0.4) is 0 Å². The summed E-state index contributed by atoms with van der Waals surface area (Å²) >= 11 is 1.56. The number of hydrogen-bond acceptors (Lipinski definition) is 5. The quantitative estimate of drug-likeness (QED) is 0.747. The monoisotopic (exact) mass is 343 g/mol. The maximum Gasteiger partial charge on any atom is 0.239 e. The minimum absolute atomic E-state index is 0.0139. The number of aryl methyl sites for hydroxylation is 1. The van der Waals surface area contributed by atoms with E-state index >= 15 is 0 Å². The average molecular weight is 343 g/mol. The van der Waals surface area contributed by atoms with Crippen molar-refractivity contribution in [3.05, 3.63) is 36.0 Å². The largest absolute Gasteiger partial charge is 0.355 e. The van der Waals surface area contributed by atoms with Crippen LogP contribution in [0.4, 0.5) is 5.13 Å². The molecular formula is C17H21N5OS. The van der Waals surface area contributed by atoms with E-state index < -0.39 is 0 Å². The lowest BCUT2D eigenvalue weighted by atomic mass is 10.3. The highest BCUT2D eigenvalue weighted by Gasteiger charge is 2.18. The van der Waals surface area contributed by atoms with E-state index in [0.29, 0.717) is 13.1 Å². The molecule has 126 valence electrons. The van der Waals surface area contributed by atoms with Crippen molar-refractivity contribution in [3.63, 3.8) is 0 Å². The molecule has 3 rings (SSSR count). The van der Waals surface area contributed by atoms with Crippen LogP contribution < -0.4 is 10.2 Å². The molecule has 0 aliphatic heterocycles. The first-order chi connectivity index (χ1) is 11.6. The summed E-state index contributed by atoms with van der Waals surface area (Å²) in [6.45, 7) is 5.02. The molecule has 1 aromatic carbocycles. The van der Waals surface area contributed by atoms with Gasteiger partial charge in [-0.05, 0) is 25.5 Å². The number of nitrogens with zero attached hydrogens (tertiary/aromatic N) is 4. The Balaban J connectivity index is 1.87. The number of benzene rings is 1. The van der Waals surface area contributed by atoms with Gasteiger partial charge in [0.15, 0.2) is 10.8 Å². The van der Waals surface area contributed by atoms with E-state index in [2.05, 4.69) is 10.4 Å². The molecule has 2 heterocycles. The molecule has 3 aromatic rings.